The standard InChI is InChI=1S/C10H19NO2S2/c1-5(2)11-9(12)7(6(3)14)8(15-4)10(11)13/h5-8,10,13-14H,1-4H3. The van der Waals surface area contributed by atoms with Crippen molar-refractivity contribution in [1.29, 1.82) is 0 Å². The van der Waals surface area contributed by atoms with Crippen LogP contribution in [0, 0.1) is 5.92 Å². The molecular weight excluding hydrogens is 230 g/mol. The van der Waals surface area contributed by atoms with Gasteiger partial charge in [-0.05, 0) is 20.1 Å². The summed E-state index contributed by atoms with van der Waals surface area (Å²) in [6.07, 6.45) is 1.25. The topological polar surface area (TPSA) is 40.5 Å². The van der Waals surface area contributed by atoms with E-state index in [0.29, 0.717) is 0 Å². The van der Waals surface area contributed by atoms with E-state index in [1.165, 1.54) is 0 Å². The van der Waals surface area contributed by atoms with Crippen LogP contribution >= 0.6 is 24.4 Å². The zero-order valence-electron chi connectivity index (χ0n) is 9.54. The Morgan fingerprint density at radius 1 is 1.47 bits per heavy atom. The number of nitrogens with zero attached hydrogens (tertiary/aromatic N) is 1. The fraction of sp³-hybridized carbons (Fsp3) is 0.900. The Morgan fingerprint density at radius 3 is 2.27 bits per heavy atom. The molecular formula is C10H19NO2S2. The van der Waals surface area contributed by atoms with Gasteiger partial charge in [-0.3, -0.25) is 4.79 Å². The van der Waals surface area contributed by atoms with Gasteiger partial charge in [0, 0.05) is 11.3 Å². The minimum Gasteiger partial charge on any atom is -0.372 e. The predicted octanol–water partition coefficient (Wildman–Crippen LogP) is 1.22. The lowest BCUT2D eigenvalue weighted by Crippen LogP contribution is -2.40. The summed E-state index contributed by atoms with van der Waals surface area (Å²) in [5.74, 6) is -0.153. The molecule has 4 unspecified atom stereocenters. The number of thioether (sulfide) groups is 1. The Labute approximate surface area is 101 Å². The molecule has 15 heavy (non-hydrogen) atoms. The molecule has 5 heteroatoms. The summed E-state index contributed by atoms with van der Waals surface area (Å²) < 4.78 is 0. The van der Waals surface area contributed by atoms with Crippen molar-refractivity contribution in [1.82, 2.24) is 4.90 Å². The summed E-state index contributed by atoms with van der Waals surface area (Å²) in [4.78, 5) is 13.6. The lowest BCUT2D eigenvalue weighted by Gasteiger charge is -2.26. The van der Waals surface area contributed by atoms with E-state index in [2.05, 4.69) is 12.6 Å². The molecule has 0 bridgehead atoms. The molecule has 1 N–H and O–H groups in total. The lowest BCUT2D eigenvalue weighted by molar-refractivity contribution is -0.137. The molecule has 0 aromatic heterocycles. The molecule has 0 aliphatic carbocycles. The number of aliphatic hydroxyl groups excluding tert-OH is 1. The van der Waals surface area contributed by atoms with Crippen LogP contribution in [0.25, 0.3) is 0 Å². The van der Waals surface area contributed by atoms with Gasteiger partial charge in [-0.1, -0.05) is 6.92 Å². The zero-order chi connectivity index (χ0) is 11.7. The molecule has 0 saturated carbocycles. The predicted molar refractivity (Wildman–Crippen MR) is 67.2 cm³/mol. The monoisotopic (exact) mass is 249 g/mol. The minimum atomic E-state index is -0.674. The molecule has 1 fully saturated rings. The summed E-state index contributed by atoms with van der Waals surface area (Å²) in [6.45, 7) is 5.75. The Morgan fingerprint density at radius 2 is 2.00 bits per heavy atom. The highest BCUT2D eigenvalue weighted by atomic mass is 32.2. The fourth-order valence-corrected chi connectivity index (χ4v) is 3.55. The molecule has 88 valence electrons. The van der Waals surface area contributed by atoms with Gasteiger partial charge in [-0.15, -0.1) is 0 Å². The third-order valence-electron chi connectivity index (χ3n) is 2.82. The molecule has 1 amide bonds. The number of hydrogen-bond donors (Lipinski definition) is 2. The Hall–Kier alpha value is 0.130. The molecule has 0 spiro atoms. The van der Waals surface area contributed by atoms with E-state index in [1.807, 2.05) is 27.0 Å². The first-order valence-corrected chi connectivity index (χ1v) is 6.93. The zero-order valence-corrected chi connectivity index (χ0v) is 11.3. The van der Waals surface area contributed by atoms with Gasteiger partial charge in [0.25, 0.3) is 0 Å². The second kappa shape index (κ2) is 4.97. The van der Waals surface area contributed by atoms with Gasteiger partial charge >= 0.3 is 0 Å². The van der Waals surface area contributed by atoms with Crippen molar-refractivity contribution in [2.75, 3.05) is 6.26 Å². The first-order valence-electron chi connectivity index (χ1n) is 5.13. The number of rotatable bonds is 3. The number of carbonyl (C=O) groups excluding carboxylic acids is 1. The van der Waals surface area contributed by atoms with E-state index in [9.17, 15) is 9.90 Å². The maximum absolute atomic E-state index is 12.1. The number of thiol groups is 1. The summed E-state index contributed by atoms with van der Waals surface area (Å²) in [6, 6.07) is 0.0410. The van der Waals surface area contributed by atoms with Crippen LogP contribution in [0.3, 0.4) is 0 Å². The Kier molecular flexibility index (Phi) is 4.38. The molecule has 1 saturated heterocycles. The molecule has 0 aromatic rings. The third kappa shape index (κ3) is 2.29. The largest absolute Gasteiger partial charge is 0.372 e. The highest BCUT2D eigenvalue weighted by Crippen LogP contribution is 2.36. The van der Waals surface area contributed by atoms with Crippen molar-refractivity contribution in [3.8, 4) is 0 Å². The van der Waals surface area contributed by atoms with Crippen LogP contribution in [0.5, 0.6) is 0 Å². The lowest BCUT2D eigenvalue weighted by atomic mass is 10.0. The first kappa shape index (κ1) is 13.2. The van der Waals surface area contributed by atoms with E-state index < -0.39 is 6.23 Å². The quantitative estimate of drug-likeness (QED) is 0.739. The van der Waals surface area contributed by atoms with Crippen LogP contribution in [0.2, 0.25) is 0 Å². The molecule has 1 heterocycles. The van der Waals surface area contributed by atoms with Crippen molar-refractivity contribution in [3.05, 3.63) is 0 Å². The summed E-state index contributed by atoms with van der Waals surface area (Å²) in [5.41, 5.74) is 0. The molecule has 1 rings (SSSR count). The van der Waals surface area contributed by atoms with Gasteiger partial charge in [-0.25, -0.2) is 0 Å². The van der Waals surface area contributed by atoms with E-state index in [4.69, 9.17) is 0 Å². The Bertz CT molecular complexity index is 246. The average molecular weight is 249 g/mol. The van der Waals surface area contributed by atoms with Gasteiger partial charge in [0.05, 0.1) is 11.2 Å². The van der Waals surface area contributed by atoms with Crippen LogP contribution in [-0.4, -0.2) is 44.9 Å². The Balaban J connectivity index is 2.96. The maximum atomic E-state index is 12.1. The second-order valence-corrected chi connectivity index (χ2v) is 6.05. The SMILES string of the molecule is CSC1C(C(C)S)C(=O)N(C(C)C)C1O. The third-order valence-corrected chi connectivity index (χ3v) is 4.22. The number of amides is 1. The van der Waals surface area contributed by atoms with Crippen LogP contribution in [-0.2, 0) is 4.79 Å². The molecule has 0 aromatic carbocycles. The van der Waals surface area contributed by atoms with Crippen molar-refractivity contribution < 1.29 is 9.90 Å². The maximum Gasteiger partial charge on any atom is 0.230 e. The second-order valence-electron chi connectivity index (χ2n) is 4.22. The van der Waals surface area contributed by atoms with Crippen LogP contribution in [0.4, 0.5) is 0 Å². The van der Waals surface area contributed by atoms with Crippen molar-refractivity contribution in [2.45, 2.75) is 43.5 Å². The van der Waals surface area contributed by atoms with Gasteiger partial charge in [0.2, 0.25) is 5.91 Å². The van der Waals surface area contributed by atoms with Crippen LogP contribution in [0.1, 0.15) is 20.8 Å². The van der Waals surface area contributed by atoms with Gasteiger partial charge in [-0.2, -0.15) is 24.4 Å². The smallest absolute Gasteiger partial charge is 0.230 e. The first-order chi connectivity index (χ1) is 6.91. The number of hydrogen-bond acceptors (Lipinski definition) is 4. The van der Waals surface area contributed by atoms with Gasteiger partial charge in [0.15, 0.2) is 0 Å². The average Bonchev–Trinajstić information content (AvgIpc) is 2.36. The highest BCUT2D eigenvalue weighted by Gasteiger charge is 2.49. The minimum absolute atomic E-state index is 0.0200. The summed E-state index contributed by atoms with van der Waals surface area (Å²) in [5, 5.41) is 9.98. The highest BCUT2D eigenvalue weighted by molar-refractivity contribution is 7.99. The molecule has 1 aliphatic rings. The fourth-order valence-electron chi connectivity index (χ4n) is 2.10. The normalized spacial score (nSPS) is 33.9. The number of aliphatic hydroxyl groups is 1. The van der Waals surface area contributed by atoms with Gasteiger partial charge < -0.3 is 10.0 Å². The van der Waals surface area contributed by atoms with Gasteiger partial charge in [0.1, 0.15) is 6.23 Å². The number of likely N-dealkylation sites (tertiary alicyclic amines) is 1. The van der Waals surface area contributed by atoms with Crippen molar-refractivity contribution >= 4 is 30.3 Å². The van der Waals surface area contributed by atoms with E-state index >= 15 is 0 Å². The van der Waals surface area contributed by atoms with E-state index in [0.717, 1.165) is 0 Å². The molecule has 3 nitrogen and oxygen atoms in total. The summed E-state index contributed by atoms with van der Waals surface area (Å²) >= 11 is 5.88. The molecule has 0 radical (unpaired) electrons. The molecule has 1 aliphatic heterocycles. The van der Waals surface area contributed by atoms with Crippen LogP contribution < -0.4 is 0 Å². The summed E-state index contributed by atoms with van der Waals surface area (Å²) in [7, 11) is 0. The number of carbonyl (C=O) groups is 1. The van der Waals surface area contributed by atoms with E-state index in [-0.39, 0.29) is 28.4 Å². The molecule has 4 atom stereocenters. The van der Waals surface area contributed by atoms with Crippen LogP contribution in [0.15, 0.2) is 0 Å². The van der Waals surface area contributed by atoms with Crippen molar-refractivity contribution in [2.24, 2.45) is 5.92 Å². The van der Waals surface area contributed by atoms with E-state index in [1.54, 1.807) is 16.7 Å². The van der Waals surface area contributed by atoms with Crippen molar-refractivity contribution in [3.63, 3.8) is 0 Å².